The molecule has 0 spiro atoms. The summed E-state index contributed by atoms with van der Waals surface area (Å²) in [4.78, 5) is 30.1. The average Bonchev–Trinajstić information content (AvgIpc) is 2.92. The second kappa shape index (κ2) is 9.31. The summed E-state index contributed by atoms with van der Waals surface area (Å²) in [7, 11) is 0. The third-order valence-electron chi connectivity index (χ3n) is 6.11. The molecule has 4 rings (SSSR count). The maximum Gasteiger partial charge on any atom is 0.409 e. The van der Waals surface area contributed by atoms with Crippen LogP contribution in [0.15, 0.2) is 32.8 Å². The topological polar surface area (TPSA) is 85.6 Å². The number of halogens is 2. The van der Waals surface area contributed by atoms with E-state index in [1.807, 2.05) is 0 Å². The molecule has 2 heterocycles. The molecule has 168 valence electrons. The van der Waals surface area contributed by atoms with E-state index >= 15 is 0 Å². The summed E-state index contributed by atoms with van der Waals surface area (Å²) < 4.78 is 6.85. The van der Waals surface area contributed by atoms with Crippen molar-refractivity contribution in [2.45, 2.75) is 39.5 Å². The molecule has 1 aliphatic heterocycles. The van der Waals surface area contributed by atoms with E-state index in [1.54, 1.807) is 31.0 Å². The molecule has 0 unspecified atom stereocenters. The Morgan fingerprint density at radius 1 is 1.22 bits per heavy atom. The van der Waals surface area contributed by atoms with Crippen molar-refractivity contribution in [3.05, 3.63) is 70.9 Å². The molecule has 1 saturated heterocycles. The number of pyridine rings is 1. The van der Waals surface area contributed by atoms with Crippen LogP contribution in [0.5, 0.6) is 0 Å². The molecule has 2 aromatic rings. The number of benzene rings is 1. The number of aromatic nitrogens is 1. The van der Waals surface area contributed by atoms with Crippen molar-refractivity contribution in [1.82, 2.24) is 9.88 Å². The quantitative estimate of drug-likeness (QED) is 0.331. The van der Waals surface area contributed by atoms with E-state index in [-0.39, 0.29) is 16.7 Å². The highest BCUT2D eigenvalue weighted by molar-refractivity contribution is 9.10. The Bertz CT molecular complexity index is 1140. The monoisotopic (exact) mass is 563 g/mol. The second-order valence-electron chi connectivity index (χ2n) is 7.94. The maximum atomic E-state index is 12.2. The molecule has 1 fully saturated rings. The molecule has 1 aromatic carbocycles. The van der Waals surface area contributed by atoms with E-state index in [2.05, 4.69) is 37.9 Å². The van der Waals surface area contributed by atoms with Gasteiger partial charge in [0.25, 0.3) is 5.69 Å². The fraction of sp³-hybridized carbons (Fsp3) is 0.391. The molecule has 0 radical (unpaired) electrons. The number of fused-ring (bicyclic) bond motifs is 2. The molecule has 7 nitrogen and oxygen atoms in total. The third kappa shape index (κ3) is 4.20. The number of rotatable bonds is 2. The first kappa shape index (κ1) is 22.9. The Labute approximate surface area is 203 Å². The van der Waals surface area contributed by atoms with E-state index in [1.165, 1.54) is 0 Å². The second-order valence-corrected chi connectivity index (χ2v) is 9.65. The highest BCUT2D eigenvalue weighted by atomic mass is 79.9. The predicted molar refractivity (Wildman–Crippen MR) is 129 cm³/mol. The Balaban J connectivity index is 1.89. The van der Waals surface area contributed by atoms with Gasteiger partial charge in [-0.1, -0.05) is 5.57 Å². The number of nitrogens with zero attached hydrogens (tertiary/aromatic N) is 3. The fourth-order valence-corrected chi connectivity index (χ4v) is 5.51. The normalized spacial score (nSPS) is 15.7. The van der Waals surface area contributed by atoms with Crippen LogP contribution in [0.25, 0.3) is 5.57 Å². The molecule has 0 bridgehead atoms. The summed E-state index contributed by atoms with van der Waals surface area (Å²) in [5.74, 6) is 0. The first-order chi connectivity index (χ1) is 15.3. The van der Waals surface area contributed by atoms with Gasteiger partial charge in [-0.2, -0.15) is 0 Å². The summed E-state index contributed by atoms with van der Waals surface area (Å²) in [6.45, 7) is 5.02. The number of carbonyl (C=O) groups is 1. The maximum absolute atomic E-state index is 12.2. The highest BCUT2D eigenvalue weighted by Crippen LogP contribution is 2.43. The van der Waals surface area contributed by atoms with Gasteiger partial charge in [0.2, 0.25) is 0 Å². The van der Waals surface area contributed by atoms with Crippen LogP contribution in [0.2, 0.25) is 0 Å². The molecular formula is C23H23Br2N3O4. The van der Waals surface area contributed by atoms with E-state index < -0.39 is 0 Å². The number of nitro benzene ring substituents is 1. The van der Waals surface area contributed by atoms with Gasteiger partial charge in [-0.3, -0.25) is 15.1 Å². The van der Waals surface area contributed by atoms with Crippen molar-refractivity contribution in [3.63, 3.8) is 0 Å². The van der Waals surface area contributed by atoms with Crippen LogP contribution >= 0.6 is 31.9 Å². The van der Waals surface area contributed by atoms with Crippen LogP contribution in [0.1, 0.15) is 47.7 Å². The van der Waals surface area contributed by atoms with Gasteiger partial charge in [-0.15, -0.1) is 0 Å². The van der Waals surface area contributed by atoms with Gasteiger partial charge >= 0.3 is 6.09 Å². The minimum absolute atomic E-state index is 0.0956. The number of hydrogen-bond acceptors (Lipinski definition) is 5. The van der Waals surface area contributed by atoms with Crippen molar-refractivity contribution in [1.29, 1.82) is 0 Å². The zero-order valence-electron chi connectivity index (χ0n) is 17.9. The molecule has 1 amide bonds. The number of ether oxygens (including phenoxy) is 1. The summed E-state index contributed by atoms with van der Waals surface area (Å²) in [5.41, 5.74) is 6.77. The third-order valence-corrected chi connectivity index (χ3v) is 7.62. The molecular weight excluding hydrogens is 542 g/mol. The van der Waals surface area contributed by atoms with Gasteiger partial charge in [-0.25, -0.2) is 4.79 Å². The number of amides is 1. The zero-order valence-corrected chi connectivity index (χ0v) is 21.1. The van der Waals surface area contributed by atoms with Crippen LogP contribution in [0.3, 0.4) is 0 Å². The van der Waals surface area contributed by atoms with E-state index in [0.29, 0.717) is 38.1 Å². The van der Waals surface area contributed by atoms with Crippen LogP contribution in [0, 0.1) is 17.0 Å². The van der Waals surface area contributed by atoms with Crippen LogP contribution < -0.4 is 0 Å². The lowest BCUT2D eigenvalue weighted by molar-refractivity contribution is -0.385. The average molecular weight is 565 g/mol. The number of carbonyl (C=O) groups excluding carboxylic acids is 1. The van der Waals surface area contributed by atoms with Crippen molar-refractivity contribution in [3.8, 4) is 0 Å². The number of likely N-dealkylation sites (tertiary alicyclic amines) is 1. The number of piperidine rings is 1. The SMILES string of the molecule is CCOC(=O)N1CCC(=C2c3cc([N+](=O)[O-])c(C)c(Br)c3CCc3cc(Br)cnc32)CC1. The summed E-state index contributed by atoms with van der Waals surface area (Å²) in [6.07, 6.45) is 4.36. The molecule has 32 heavy (non-hydrogen) atoms. The van der Waals surface area contributed by atoms with Gasteiger partial charge in [-0.05, 0) is 94.1 Å². The number of hydrogen-bond donors (Lipinski definition) is 0. The Morgan fingerprint density at radius 3 is 2.59 bits per heavy atom. The first-order valence-electron chi connectivity index (χ1n) is 10.6. The number of nitro groups is 1. The lowest BCUT2D eigenvalue weighted by atomic mass is 9.87. The van der Waals surface area contributed by atoms with Crippen LogP contribution in [-0.4, -0.2) is 40.6 Å². The first-order valence-corrected chi connectivity index (χ1v) is 12.2. The molecule has 0 N–H and O–H groups in total. The highest BCUT2D eigenvalue weighted by Gasteiger charge is 2.30. The minimum Gasteiger partial charge on any atom is -0.450 e. The standard InChI is InChI=1S/C23H23Br2N3O4/c1-3-32-23(29)27-8-6-14(7-9-27)20-18-11-19(28(30)31)13(2)21(25)17(18)5-4-15-10-16(24)12-26-22(15)20/h10-12H,3-9H2,1-2H3. The Morgan fingerprint density at radius 2 is 1.94 bits per heavy atom. The lowest BCUT2D eigenvalue weighted by Crippen LogP contribution is -2.37. The van der Waals surface area contributed by atoms with Crippen molar-refractivity contribution in [2.75, 3.05) is 19.7 Å². The van der Waals surface area contributed by atoms with Gasteiger partial charge in [0.05, 0.1) is 17.2 Å². The molecule has 0 saturated carbocycles. The Kier molecular flexibility index (Phi) is 6.67. The van der Waals surface area contributed by atoms with Gasteiger partial charge < -0.3 is 9.64 Å². The van der Waals surface area contributed by atoms with Gasteiger partial charge in [0.15, 0.2) is 0 Å². The van der Waals surface area contributed by atoms with E-state index in [4.69, 9.17) is 9.72 Å². The summed E-state index contributed by atoms with van der Waals surface area (Å²) >= 11 is 7.18. The van der Waals surface area contributed by atoms with Crippen molar-refractivity contribution in [2.24, 2.45) is 0 Å². The van der Waals surface area contributed by atoms with Crippen LogP contribution in [0.4, 0.5) is 10.5 Å². The summed E-state index contributed by atoms with van der Waals surface area (Å²) in [5, 5.41) is 11.8. The number of aryl methyl sites for hydroxylation is 1. The van der Waals surface area contributed by atoms with Crippen molar-refractivity contribution >= 4 is 49.2 Å². The Hall–Kier alpha value is -2.26. The van der Waals surface area contributed by atoms with Crippen LogP contribution in [-0.2, 0) is 17.6 Å². The van der Waals surface area contributed by atoms with Gasteiger partial charge in [0, 0.05) is 45.4 Å². The predicted octanol–water partition coefficient (Wildman–Crippen LogP) is 5.98. The molecule has 2 aliphatic rings. The van der Waals surface area contributed by atoms with Gasteiger partial charge in [0.1, 0.15) is 0 Å². The molecule has 1 aliphatic carbocycles. The molecule has 1 aromatic heterocycles. The largest absolute Gasteiger partial charge is 0.450 e. The summed E-state index contributed by atoms with van der Waals surface area (Å²) in [6, 6.07) is 3.78. The minimum atomic E-state index is -0.327. The van der Waals surface area contributed by atoms with Crippen molar-refractivity contribution < 1.29 is 14.5 Å². The molecule has 0 atom stereocenters. The van der Waals surface area contributed by atoms with E-state index in [0.717, 1.165) is 55.3 Å². The fourth-order valence-electron chi connectivity index (χ4n) is 4.51. The van der Waals surface area contributed by atoms with E-state index in [9.17, 15) is 14.9 Å². The molecule has 9 heteroatoms. The lowest BCUT2D eigenvalue weighted by Gasteiger charge is -2.29. The zero-order chi connectivity index (χ0) is 23.0. The smallest absolute Gasteiger partial charge is 0.409 e.